The minimum Gasteiger partial charge on any atom is -0.491 e. The number of benzene rings is 2. The van der Waals surface area contributed by atoms with E-state index in [1.807, 2.05) is 0 Å². The number of halogens is 1. The van der Waals surface area contributed by atoms with E-state index in [0.29, 0.717) is 24.5 Å². The lowest BCUT2D eigenvalue weighted by atomic mass is 10.2. The summed E-state index contributed by atoms with van der Waals surface area (Å²) in [5.41, 5.74) is 0.710. The van der Waals surface area contributed by atoms with Gasteiger partial charge in [-0.3, -0.25) is 0 Å². The molecule has 5 nitrogen and oxygen atoms in total. The molecule has 2 aromatic rings. The van der Waals surface area contributed by atoms with Crippen molar-refractivity contribution in [1.29, 1.82) is 0 Å². The first-order chi connectivity index (χ1) is 11.4. The van der Waals surface area contributed by atoms with E-state index in [2.05, 4.69) is 0 Å². The number of hydrogen-bond acceptors (Lipinski definition) is 4. The highest BCUT2D eigenvalue weighted by Crippen LogP contribution is 2.20. The molecule has 0 radical (unpaired) electrons. The Morgan fingerprint density at radius 3 is 2.21 bits per heavy atom. The molecule has 7 heteroatoms. The standard InChI is InChI=1S/C17H20FNO4S/c1-19(13-14-3-5-15(18)6-4-14)24(20,21)17-9-7-16(8-10-17)23-12-11-22-2/h3-10H,11-13H2,1-2H3. The van der Waals surface area contributed by atoms with Crippen molar-refractivity contribution in [2.24, 2.45) is 0 Å². The zero-order chi connectivity index (χ0) is 17.6. The van der Waals surface area contributed by atoms with Gasteiger partial charge < -0.3 is 9.47 Å². The maximum Gasteiger partial charge on any atom is 0.243 e. The maximum atomic E-state index is 12.9. The first-order valence-corrected chi connectivity index (χ1v) is 8.80. The Hall–Kier alpha value is -1.96. The van der Waals surface area contributed by atoms with E-state index in [1.54, 1.807) is 31.4 Å². The average molecular weight is 353 g/mol. The number of nitrogens with zero attached hydrogens (tertiary/aromatic N) is 1. The van der Waals surface area contributed by atoms with E-state index in [9.17, 15) is 12.8 Å². The fourth-order valence-corrected chi connectivity index (χ4v) is 3.22. The minimum atomic E-state index is -3.63. The van der Waals surface area contributed by atoms with Crippen molar-refractivity contribution in [3.63, 3.8) is 0 Å². The monoisotopic (exact) mass is 353 g/mol. The lowest BCUT2D eigenvalue weighted by Crippen LogP contribution is -2.26. The molecule has 2 rings (SSSR count). The van der Waals surface area contributed by atoms with Gasteiger partial charge in [-0.15, -0.1) is 0 Å². The number of hydrogen-bond donors (Lipinski definition) is 0. The molecule has 0 unspecified atom stereocenters. The van der Waals surface area contributed by atoms with E-state index >= 15 is 0 Å². The van der Waals surface area contributed by atoms with Gasteiger partial charge in [0.05, 0.1) is 11.5 Å². The van der Waals surface area contributed by atoms with Crippen molar-refractivity contribution in [3.05, 3.63) is 59.9 Å². The summed E-state index contributed by atoms with van der Waals surface area (Å²) in [6.45, 7) is 1.02. The Labute approximate surface area is 141 Å². The fraction of sp³-hybridized carbons (Fsp3) is 0.294. The van der Waals surface area contributed by atoms with Crippen LogP contribution in [-0.2, 0) is 21.3 Å². The van der Waals surface area contributed by atoms with Gasteiger partial charge in [-0.2, -0.15) is 4.31 Å². The molecule has 0 bridgehead atoms. The topological polar surface area (TPSA) is 55.8 Å². The maximum absolute atomic E-state index is 12.9. The summed E-state index contributed by atoms with van der Waals surface area (Å²) in [5.74, 6) is 0.223. The smallest absolute Gasteiger partial charge is 0.243 e. The Balaban J connectivity index is 2.06. The Morgan fingerprint density at radius 2 is 1.62 bits per heavy atom. The van der Waals surface area contributed by atoms with Gasteiger partial charge in [0.15, 0.2) is 0 Å². The van der Waals surface area contributed by atoms with Crippen molar-refractivity contribution in [1.82, 2.24) is 4.31 Å². The van der Waals surface area contributed by atoms with E-state index in [1.165, 1.54) is 35.6 Å². The highest BCUT2D eigenvalue weighted by atomic mass is 32.2. The predicted octanol–water partition coefficient (Wildman–Crippen LogP) is 2.67. The Bertz CT molecular complexity index is 745. The first-order valence-electron chi connectivity index (χ1n) is 7.36. The van der Waals surface area contributed by atoms with Gasteiger partial charge in [0, 0.05) is 20.7 Å². The molecule has 0 atom stereocenters. The quantitative estimate of drug-likeness (QED) is 0.685. The highest BCUT2D eigenvalue weighted by Gasteiger charge is 2.20. The second-order valence-corrected chi connectivity index (χ2v) is 7.25. The number of sulfonamides is 1. The largest absolute Gasteiger partial charge is 0.491 e. The van der Waals surface area contributed by atoms with Crippen LogP contribution in [0.4, 0.5) is 4.39 Å². The van der Waals surface area contributed by atoms with Crippen LogP contribution in [0.25, 0.3) is 0 Å². The second kappa shape index (κ2) is 8.23. The molecule has 0 aliphatic heterocycles. The molecular formula is C17H20FNO4S. The SMILES string of the molecule is COCCOc1ccc(S(=O)(=O)N(C)Cc2ccc(F)cc2)cc1. The van der Waals surface area contributed by atoms with Gasteiger partial charge in [0.25, 0.3) is 0 Å². The predicted molar refractivity (Wildman–Crippen MR) is 88.9 cm³/mol. The van der Waals surface area contributed by atoms with E-state index < -0.39 is 10.0 Å². The van der Waals surface area contributed by atoms with Crippen molar-refractivity contribution in [2.45, 2.75) is 11.4 Å². The lowest BCUT2D eigenvalue weighted by molar-refractivity contribution is 0.146. The summed E-state index contributed by atoms with van der Waals surface area (Å²) in [5, 5.41) is 0. The van der Waals surface area contributed by atoms with Gasteiger partial charge >= 0.3 is 0 Å². The molecule has 0 aliphatic rings. The van der Waals surface area contributed by atoms with Crippen molar-refractivity contribution in [3.8, 4) is 5.75 Å². The zero-order valence-corrected chi connectivity index (χ0v) is 14.4. The Kier molecular flexibility index (Phi) is 6.30. The first kappa shape index (κ1) is 18.4. The van der Waals surface area contributed by atoms with Crippen LogP contribution in [0.2, 0.25) is 0 Å². The van der Waals surface area contributed by atoms with Gasteiger partial charge in [-0.05, 0) is 42.0 Å². The summed E-state index contributed by atoms with van der Waals surface area (Å²) in [6.07, 6.45) is 0. The van der Waals surface area contributed by atoms with Gasteiger partial charge in [0.1, 0.15) is 18.2 Å². The molecule has 0 aliphatic carbocycles. The van der Waals surface area contributed by atoms with E-state index in [0.717, 1.165) is 0 Å². The van der Waals surface area contributed by atoms with E-state index in [4.69, 9.17) is 9.47 Å². The number of rotatable bonds is 8. The minimum absolute atomic E-state index is 0.161. The van der Waals surface area contributed by atoms with Gasteiger partial charge in [-0.25, -0.2) is 12.8 Å². The van der Waals surface area contributed by atoms with Crippen LogP contribution in [0.5, 0.6) is 5.75 Å². The summed E-state index contributed by atoms with van der Waals surface area (Å²) in [7, 11) is -0.563. The zero-order valence-electron chi connectivity index (χ0n) is 13.6. The third kappa shape index (κ3) is 4.77. The van der Waals surface area contributed by atoms with Crippen LogP contribution >= 0.6 is 0 Å². The highest BCUT2D eigenvalue weighted by molar-refractivity contribution is 7.89. The van der Waals surface area contributed by atoms with Crippen molar-refractivity contribution in [2.75, 3.05) is 27.4 Å². The van der Waals surface area contributed by atoms with Crippen LogP contribution < -0.4 is 4.74 Å². The molecular weight excluding hydrogens is 333 g/mol. The molecule has 130 valence electrons. The molecule has 0 spiro atoms. The molecule has 0 heterocycles. The molecule has 0 saturated heterocycles. The molecule has 0 aromatic heterocycles. The lowest BCUT2D eigenvalue weighted by Gasteiger charge is -2.17. The van der Waals surface area contributed by atoms with Gasteiger partial charge in [0.2, 0.25) is 10.0 Å². The average Bonchev–Trinajstić information content (AvgIpc) is 2.57. The molecule has 0 N–H and O–H groups in total. The van der Waals surface area contributed by atoms with Crippen LogP contribution in [0.15, 0.2) is 53.4 Å². The number of methoxy groups -OCH3 is 1. The molecule has 24 heavy (non-hydrogen) atoms. The number of ether oxygens (including phenoxy) is 2. The summed E-state index contributed by atoms with van der Waals surface area (Å²) >= 11 is 0. The third-order valence-corrected chi connectivity index (χ3v) is 5.22. The third-order valence-electron chi connectivity index (χ3n) is 3.41. The second-order valence-electron chi connectivity index (χ2n) is 5.20. The van der Waals surface area contributed by atoms with E-state index in [-0.39, 0.29) is 17.3 Å². The molecule has 0 amide bonds. The fourth-order valence-electron chi connectivity index (χ4n) is 2.06. The van der Waals surface area contributed by atoms with Crippen LogP contribution in [-0.4, -0.2) is 40.1 Å². The molecule has 0 saturated carbocycles. The van der Waals surface area contributed by atoms with Crippen molar-refractivity contribution < 1.29 is 22.3 Å². The van der Waals surface area contributed by atoms with Gasteiger partial charge in [-0.1, -0.05) is 12.1 Å². The van der Waals surface area contributed by atoms with Crippen LogP contribution in [0, 0.1) is 5.82 Å². The van der Waals surface area contributed by atoms with Crippen molar-refractivity contribution >= 4 is 10.0 Å². The summed E-state index contributed by atoms with van der Waals surface area (Å²) < 4.78 is 49.6. The normalized spacial score (nSPS) is 11.7. The molecule has 0 fully saturated rings. The molecule has 2 aromatic carbocycles. The summed E-state index contributed by atoms with van der Waals surface area (Å²) in [6, 6.07) is 12.0. The summed E-state index contributed by atoms with van der Waals surface area (Å²) in [4.78, 5) is 0.172. The Morgan fingerprint density at radius 1 is 1.00 bits per heavy atom. The van der Waals surface area contributed by atoms with Crippen LogP contribution in [0.1, 0.15) is 5.56 Å². The van der Waals surface area contributed by atoms with Crippen LogP contribution in [0.3, 0.4) is 0 Å².